The maximum atomic E-state index is 5.75. The second kappa shape index (κ2) is 4.07. The molecule has 0 N–H and O–H groups in total. The van der Waals surface area contributed by atoms with Crippen molar-refractivity contribution < 1.29 is 4.52 Å². The van der Waals surface area contributed by atoms with Crippen molar-refractivity contribution in [2.45, 2.75) is 0 Å². The highest BCUT2D eigenvalue weighted by molar-refractivity contribution is 6.30. The van der Waals surface area contributed by atoms with Gasteiger partial charge in [0.05, 0.1) is 0 Å². The maximum absolute atomic E-state index is 5.75. The number of benzene rings is 1. The summed E-state index contributed by atoms with van der Waals surface area (Å²) >= 11 is 5.75. The predicted octanol–water partition coefficient (Wildman–Crippen LogP) is 2.89. The average Bonchev–Trinajstić information content (AvgIpc) is 2.70. The molecule has 70 valence electrons. The first-order valence-electron chi connectivity index (χ1n) is 4.04. The second-order valence-corrected chi connectivity index (χ2v) is 3.11. The maximum Gasteiger partial charge on any atom is 0.214 e. The molecule has 14 heavy (non-hydrogen) atoms. The highest BCUT2D eigenvalue weighted by Gasteiger charge is 1.91. The monoisotopic (exact) mass is 206 g/mol. The molecule has 0 aliphatic heterocycles. The van der Waals surface area contributed by atoms with Crippen LogP contribution in [0.2, 0.25) is 5.02 Å². The van der Waals surface area contributed by atoms with Gasteiger partial charge in [-0.3, -0.25) is 0 Å². The number of nitrogens with zero attached hydrogens (tertiary/aromatic N) is 2. The number of aromatic nitrogens is 2. The SMILES string of the molecule is Clc1ccc(/C=C\c2ncon2)cc1. The standard InChI is InChI=1S/C10H7ClN2O/c11-9-4-1-8(2-5-9)3-6-10-12-7-14-13-10/h1-7H/b6-3-. The van der Waals surface area contributed by atoms with E-state index in [1.165, 1.54) is 6.39 Å². The van der Waals surface area contributed by atoms with E-state index in [-0.39, 0.29) is 0 Å². The molecule has 0 unspecified atom stereocenters. The fourth-order valence-corrected chi connectivity index (χ4v) is 1.12. The molecule has 0 aliphatic rings. The molecule has 1 aromatic carbocycles. The van der Waals surface area contributed by atoms with E-state index in [2.05, 4.69) is 14.7 Å². The van der Waals surface area contributed by atoms with Gasteiger partial charge in [-0.05, 0) is 23.8 Å². The van der Waals surface area contributed by atoms with Crippen molar-refractivity contribution >= 4 is 23.8 Å². The highest BCUT2D eigenvalue weighted by Crippen LogP contribution is 2.11. The first kappa shape index (κ1) is 8.97. The van der Waals surface area contributed by atoms with E-state index >= 15 is 0 Å². The molecule has 1 heterocycles. The van der Waals surface area contributed by atoms with Crippen molar-refractivity contribution in [1.82, 2.24) is 10.1 Å². The molecule has 0 atom stereocenters. The molecule has 0 radical (unpaired) electrons. The summed E-state index contributed by atoms with van der Waals surface area (Å²) in [4.78, 5) is 3.86. The van der Waals surface area contributed by atoms with Gasteiger partial charge in [-0.2, -0.15) is 4.98 Å². The van der Waals surface area contributed by atoms with Gasteiger partial charge in [-0.1, -0.05) is 35.0 Å². The van der Waals surface area contributed by atoms with Gasteiger partial charge in [0.25, 0.3) is 0 Å². The number of hydrogen-bond acceptors (Lipinski definition) is 3. The Hall–Kier alpha value is -1.61. The fraction of sp³-hybridized carbons (Fsp3) is 0. The number of hydrogen-bond donors (Lipinski definition) is 0. The van der Waals surface area contributed by atoms with Gasteiger partial charge >= 0.3 is 0 Å². The van der Waals surface area contributed by atoms with Crippen molar-refractivity contribution in [3.8, 4) is 0 Å². The molecular weight excluding hydrogens is 200 g/mol. The third-order valence-electron chi connectivity index (χ3n) is 1.67. The highest BCUT2D eigenvalue weighted by atomic mass is 35.5. The van der Waals surface area contributed by atoms with E-state index in [1.54, 1.807) is 6.08 Å². The summed E-state index contributed by atoms with van der Waals surface area (Å²) in [6, 6.07) is 7.49. The van der Waals surface area contributed by atoms with E-state index in [9.17, 15) is 0 Å². The van der Waals surface area contributed by atoms with Crippen LogP contribution >= 0.6 is 11.6 Å². The van der Waals surface area contributed by atoms with Crippen molar-refractivity contribution in [3.63, 3.8) is 0 Å². The van der Waals surface area contributed by atoms with Gasteiger partial charge in [0, 0.05) is 5.02 Å². The van der Waals surface area contributed by atoms with Gasteiger partial charge < -0.3 is 4.52 Å². The average molecular weight is 207 g/mol. The van der Waals surface area contributed by atoms with Crippen LogP contribution in [-0.4, -0.2) is 10.1 Å². The second-order valence-electron chi connectivity index (χ2n) is 2.67. The van der Waals surface area contributed by atoms with E-state index < -0.39 is 0 Å². The number of halogens is 1. The zero-order valence-electron chi connectivity index (χ0n) is 7.22. The van der Waals surface area contributed by atoms with Crippen LogP contribution in [0.15, 0.2) is 35.2 Å². The summed E-state index contributed by atoms with van der Waals surface area (Å²) in [6.07, 6.45) is 4.95. The quantitative estimate of drug-likeness (QED) is 0.759. The van der Waals surface area contributed by atoms with Crippen molar-refractivity contribution in [2.75, 3.05) is 0 Å². The Morgan fingerprint density at radius 2 is 1.93 bits per heavy atom. The Morgan fingerprint density at radius 1 is 1.14 bits per heavy atom. The van der Waals surface area contributed by atoms with E-state index in [0.29, 0.717) is 5.82 Å². The Morgan fingerprint density at radius 3 is 2.57 bits per heavy atom. The summed E-state index contributed by atoms with van der Waals surface area (Å²) in [5.41, 5.74) is 1.04. The summed E-state index contributed by atoms with van der Waals surface area (Å²) in [5.74, 6) is 0.556. The predicted molar refractivity (Wildman–Crippen MR) is 54.7 cm³/mol. The van der Waals surface area contributed by atoms with Gasteiger partial charge in [-0.25, -0.2) is 0 Å². The van der Waals surface area contributed by atoms with Gasteiger partial charge in [0.1, 0.15) is 0 Å². The largest absolute Gasteiger partial charge is 0.342 e. The van der Waals surface area contributed by atoms with E-state index in [4.69, 9.17) is 11.6 Å². The van der Waals surface area contributed by atoms with E-state index in [0.717, 1.165) is 10.6 Å². The normalized spacial score (nSPS) is 10.9. The van der Waals surface area contributed by atoms with E-state index in [1.807, 2.05) is 30.3 Å². The molecule has 2 aromatic rings. The Balaban J connectivity index is 2.15. The first-order chi connectivity index (χ1) is 6.84. The van der Waals surface area contributed by atoms with Crippen LogP contribution in [0.1, 0.15) is 11.4 Å². The van der Waals surface area contributed by atoms with Gasteiger partial charge in [0.2, 0.25) is 6.39 Å². The lowest BCUT2D eigenvalue weighted by molar-refractivity contribution is 0.415. The van der Waals surface area contributed by atoms with Crippen LogP contribution in [0, 0.1) is 0 Å². The minimum atomic E-state index is 0.556. The number of rotatable bonds is 2. The van der Waals surface area contributed by atoms with Crippen LogP contribution in [0.4, 0.5) is 0 Å². The summed E-state index contributed by atoms with van der Waals surface area (Å²) in [6.45, 7) is 0. The van der Waals surface area contributed by atoms with Crippen LogP contribution in [0.25, 0.3) is 12.2 Å². The molecule has 3 nitrogen and oxygen atoms in total. The zero-order chi connectivity index (χ0) is 9.80. The topological polar surface area (TPSA) is 38.9 Å². The van der Waals surface area contributed by atoms with Gasteiger partial charge in [0.15, 0.2) is 5.82 Å². The minimum absolute atomic E-state index is 0.556. The van der Waals surface area contributed by atoms with Crippen molar-refractivity contribution in [2.24, 2.45) is 0 Å². The third kappa shape index (κ3) is 2.20. The lowest BCUT2D eigenvalue weighted by Gasteiger charge is -1.91. The van der Waals surface area contributed by atoms with Gasteiger partial charge in [-0.15, -0.1) is 0 Å². The van der Waals surface area contributed by atoms with Crippen LogP contribution < -0.4 is 0 Å². The molecule has 0 aliphatic carbocycles. The molecule has 1 aromatic heterocycles. The smallest absolute Gasteiger partial charge is 0.214 e. The van der Waals surface area contributed by atoms with Crippen LogP contribution in [0.5, 0.6) is 0 Å². The van der Waals surface area contributed by atoms with Crippen LogP contribution in [-0.2, 0) is 0 Å². The molecule has 0 spiro atoms. The Labute approximate surface area is 86.0 Å². The molecule has 0 fully saturated rings. The molecule has 0 amide bonds. The lowest BCUT2D eigenvalue weighted by Crippen LogP contribution is -1.74. The Bertz CT molecular complexity index is 420. The fourth-order valence-electron chi connectivity index (χ4n) is 0.997. The molecular formula is C10H7ClN2O. The third-order valence-corrected chi connectivity index (χ3v) is 1.93. The van der Waals surface area contributed by atoms with Crippen molar-refractivity contribution in [1.29, 1.82) is 0 Å². The minimum Gasteiger partial charge on any atom is -0.342 e. The molecule has 2 rings (SSSR count). The Kier molecular flexibility index (Phi) is 2.60. The molecule has 0 saturated carbocycles. The van der Waals surface area contributed by atoms with Crippen LogP contribution in [0.3, 0.4) is 0 Å². The van der Waals surface area contributed by atoms with Crippen molar-refractivity contribution in [3.05, 3.63) is 47.1 Å². The first-order valence-corrected chi connectivity index (χ1v) is 4.42. The summed E-state index contributed by atoms with van der Waals surface area (Å²) in [7, 11) is 0. The molecule has 4 heteroatoms. The lowest BCUT2D eigenvalue weighted by atomic mass is 10.2. The zero-order valence-corrected chi connectivity index (χ0v) is 7.98. The summed E-state index contributed by atoms with van der Waals surface area (Å²) < 4.78 is 4.59. The molecule has 0 saturated heterocycles. The summed E-state index contributed by atoms with van der Waals surface area (Å²) in [5, 5.41) is 4.37. The molecule has 0 bridgehead atoms.